The van der Waals surface area contributed by atoms with Crippen LogP contribution in [0.1, 0.15) is 22.8 Å². The molecule has 17 heavy (non-hydrogen) atoms. The second-order valence-corrected chi connectivity index (χ2v) is 4.17. The van der Waals surface area contributed by atoms with Crippen LogP contribution in [-0.2, 0) is 0 Å². The molecule has 6 heteroatoms. The first kappa shape index (κ1) is 10.1. The highest BCUT2D eigenvalue weighted by atomic mass is 16.2. The maximum Gasteiger partial charge on any atom is 0.257 e. The number of carbonyl (C=O) groups excluding carboxylic acids is 1. The van der Waals surface area contributed by atoms with Gasteiger partial charge in [0.2, 0.25) is 0 Å². The minimum Gasteiger partial charge on any atom is -0.336 e. The van der Waals surface area contributed by atoms with Crippen LogP contribution in [0.5, 0.6) is 0 Å². The number of likely N-dealkylation sites (tertiary alicyclic amines) is 1. The summed E-state index contributed by atoms with van der Waals surface area (Å²) in [7, 11) is 0. The third-order valence-corrected chi connectivity index (χ3v) is 3.09. The van der Waals surface area contributed by atoms with E-state index in [4.69, 9.17) is 0 Å². The minimum atomic E-state index is 0.0356. The quantitative estimate of drug-likeness (QED) is 0.827. The molecule has 1 fully saturated rings. The van der Waals surface area contributed by atoms with Crippen LogP contribution in [0, 0.1) is 0 Å². The van der Waals surface area contributed by atoms with Gasteiger partial charge in [0.15, 0.2) is 0 Å². The van der Waals surface area contributed by atoms with Gasteiger partial charge >= 0.3 is 0 Å². The number of hydrogen-bond donors (Lipinski definition) is 1. The van der Waals surface area contributed by atoms with Crippen molar-refractivity contribution in [1.29, 1.82) is 0 Å². The Hall–Kier alpha value is -2.11. The summed E-state index contributed by atoms with van der Waals surface area (Å²) < 4.78 is 1.92. The molecule has 88 valence electrons. The topological polar surface area (TPSA) is 66.8 Å². The van der Waals surface area contributed by atoms with E-state index in [1.54, 1.807) is 18.6 Å². The van der Waals surface area contributed by atoms with Gasteiger partial charge < -0.3 is 4.90 Å². The fraction of sp³-hybridized carbons (Fsp3) is 0.364. The number of nitrogens with zero attached hydrogens (tertiary/aromatic N) is 4. The number of aromatic nitrogens is 4. The van der Waals surface area contributed by atoms with Gasteiger partial charge in [0.25, 0.3) is 5.91 Å². The second kappa shape index (κ2) is 4.04. The molecule has 1 aliphatic rings. The molecule has 3 heterocycles. The number of carbonyl (C=O) groups is 1. The molecule has 0 aliphatic carbocycles. The van der Waals surface area contributed by atoms with Gasteiger partial charge in [0.05, 0.1) is 17.8 Å². The highest BCUT2D eigenvalue weighted by molar-refractivity contribution is 5.93. The standard InChI is InChI=1S/C11H13N5O/c17-11(9-6-12-13-7-9)15-5-2-10(8-15)16-4-1-3-14-16/h1,3-4,6-7,10H,2,5,8H2,(H,12,13). The van der Waals surface area contributed by atoms with E-state index in [-0.39, 0.29) is 5.91 Å². The Balaban J connectivity index is 1.70. The summed E-state index contributed by atoms with van der Waals surface area (Å²) in [5, 5.41) is 10.7. The van der Waals surface area contributed by atoms with E-state index in [9.17, 15) is 4.79 Å². The summed E-state index contributed by atoms with van der Waals surface area (Å²) in [5.74, 6) is 0.0356. The molecule has 1 N–H and O–H groups in total. The van der Waals surface area contributed by atoms with Crippen LogP contribution in [0.25, 0.3) is 0 Å². The summed E-state index contributed by atoms with van der Waals surface area (Å²) in [6.07, 6.45) is 7.84. The molecule has 0 bridgehead atoms. The molecule has 3 rings (SSSR count). The number of rotatable bonds is 2. The van der Waals surface area contributed by atoms with Crippen molar-refractivity contribution in [3.8, 4) is 0 Å². The average molecular weight is 231 g/mol. The van der Waals surface area contributed by atoms with E-state index < -0.39 is 0 Å². The summed E-state index contributed by atoms with van der Waals surface area (Å²) in [4.78, 5) is 13.9. The predicted octanol–water partition coefficient (Wildman–Crippen LogP) is 0.693. The molecule has 2 aromatic rings. The molecule has 1 amide bonds. The van der Waals surface area contributed by atoms with Gasteiger partial charge in [-0.15, -0.1) is 0 Å². The Morgan fingerprint density at radius 3 is 3.18 bits per heavy atom. The Bertz CT molecular complexity index is 490. The SMILES string of the molecule is O=C(c1cn[nH]c1)N1CCC(n2cccn2)C1. The lowest BCUT2D eigenvalue weighted by atomic mass is 10.3. The number of hydrogen-bond acceptors (Lipinski definition) is 3. The maximum absolute atomic E-state index is 12.1. The van der Waals surface area contributed by atoms with Crippen LogP contribution in [-0.4, -0.2) is 43.9 Å². The maximum atomic E-state index is 12.1. The van der Waals surface area contributed by atoms with Crippen LogP contribution in [0.15, 0.2) is 30.9 Å². The monoisotopic (exact) mass is 231 g/mol. The fourth-order valence-corrected chi connectivity index (χ4v) is 2.19. The highest BCUT2D eigenvalue weighted by Gasteiger charge is 2.28. The van der Waals surface area contributed by atoms with Crippen molar-refractivity contribution < 1.29 is 4.79 Å². The van der Waals surface area contributed by atoms with Gasteiger partial charge in [0, 0.05) is 31.7 Å². The van der Waals surface area contributed by atoms with E-state index in [1.165, 1.54) is 0 Å². The molecule has 1 saturated heterocycles. The van der Waals surface area contributed by atoms with Crippen LogP contribution >= 0.6 is 0 Å². The van der Waals surface area contributed by atoms with Crippen molar-refractivity contribution in [2.45, 2.75) is 12.5 Å². The van der Waals surface area contributed by atoms with Crippen molar-refractivity contribution in [1.82, 2.24) is 24.9 Å². The number of nitrogens with one attached hydrogen (secondary N) is 1. The van der Waals surface area contributed by atoms with E-state index in [0.717, 1.165) is 13.0 Å². The second-order valence-electron chi connectivity index (χ2n) is 4.17. The van der Waals surface area contributed by atoms with Crippen LogP contribution < -0.4 is 0 Å². The van der Waals surface area contributed by atoms with E-state index in [0.29, 0.717) is 18.2 Å². The van der Waals surface area contributed by atoms with Gasteiger partial charge in [-0.3, -0.25) is 14.6 Å². The van der Waals surface area contributed by atoms with Crippen LogP contribution in [0.2, 0.25) is 0 Å². The lowest BCUT2D eigenvalue weighted by Gasteiger charge is -2.15. The molecule has 0 radical (unpaired) electrons. The van der Waals surface area contributed by atoms with E-state index >= 15 is 0 Å². The molecular weight excluding hydrogens is 218 g/mol. The summed E-state index contributed by atoms with van der Waals surface area (Å²) in [6.45, 7) is 1.49. The first-order valence-electron chi connectivity index (χ1n) is 5.62. The fourth-order valence-electron chi connectivity index (χ4n) is 2.19. The molecule has 1 atom stereocenters. The largest absolute Gasteiger partial charge is 0.336 e. The van der Waals surface area contributed by atoms with Gasteiger partial charge in [0.1, 0.15) is 0 Å². The van der Waals surface area contributed by atoms with Crippen molar-refractivity contribution in [2.24, 2.45) is 0 Å². The Morgan fingerprint density at radius 2 is 2.47 bits per heavy atom. The molecule has 1 unspecified atom stereocenters. The van der Waals surface area contributed by atoms with Crippen molar-refractivity contribution >= 4 is 5.91 Å². The Kier molecular flexibility index (Phi) is 2.40. The lowest BCUT2D eigenvalue weighted by Crippen LogP contribution is -2.28. The lowest BCUT2D eigenvalue weighted by molar-refractivity contribution is 0.0787. The molecule has 0 saturated carbocycles. The molecule has 6 nitrogen and oxygen atoms in total. The zero-order valence-electron chi connectivity index (χ0n) is 9.28. The van der Waals surface area contributed by atoms with Gasteiger partial charge in [-0.05, 0) is 12.5 Å². The summed E-state index contributed by atoms with van der Waals surface area (Å²) in [6, 6.07) is 2.20. The number of aromatic amines is 1. The van der Waals surface area contributed by atoms with Crippen LogP contribution in [0.3, 0.4) is 0 Å². The number of H-pyrrole nitrogens is 1. The molecule has 2 aromatic heterocycles. The minimum absolute atomic E-state index is 0.0356. The van der Waals surface area contributed by atoms with Crippen molar-refractivity contribution in [2.75, 3.05) is 13.1 Å². The molecular formula is C11H13N5O. The highest BCUT2D eigenvalue weighted by Crippen LogP contribution is 2.21. The normalized spacial score (nSPS) is 19.8. The van der Waals surface area contributed by atoms with Crippen molar-refractivity contribution in [3.05, 3.63) is 36.4 Å². The zero-order chi connectivity index (χ0) is 11.7. The Labute approximate surface area is 98.2 Å². The summed E-state index contributed by atoms with van der Waals surface area (Å²) in [5.41, 5.74) is 0.617. The van der Waals surface area contributed by atoms with E-state index in [1.807, 2.05) is 21.8 Å². The van der Waals surface area contributed by atoms with E-state index in [2.05, 4.69) is 15.3 Å². The number of amides is 1. The van der Waals surface area contributed by atoms with Gasteiger partial charge in [-0.25, -0.2) is 0 Å². The average Bonchev–Trinajstić information content (AvgIpc) is 3.09. The Morgan fingerprint density at radius 1 is 1.53 bits per heavy atom. The molecule has 0 aromatic carbocycles. The first-order valence-corrected chi connectivity index (χ1v) is 5.62. The van der Waals surface area contributed by atoms with Gasteiger partial charge in [-0.2, -0.15) is 10.2 Å². The third kappa shape index (κ3) is 1.82. The smallest absolute Gasteiger partial charge is 0.257 e. The first-order chi connectivity index (χ1) is 8.34. The molecule has 0 spiro atoms. The predicted molar refractivity (Wildman–Crippen MR) is 60.4 cm³/mol. The molecule has 1 aliphatic heterocycles. The third-order valence-electron chi connectivity index (χ3n) is 3.09. The summed E-state index contributed by atoms with van der Waals surface area (Å²) >= 11 is 0. The van der Waals surface area contributed by atoms with Crippen LogP contribution in [0.4, 0.5) is 0 Å². The zero-order valence-corrected chi connectivity index (χ0v) is 9.28. The van der Waals surface area contributed by atoms with Gasteiger partial charge in [-0.1, -0.05) is 0 Å². The van der Waals surface area contributed by atoms with Crippen molar-refractivity contribution in [3.63, 3.8) is 0 Å².